The highest BCUT2D eigenvalue weighted by atomic mass is 16.3. The van der Waals surface area contributed by atoms with Gasteiger partial charge in [0.05, 0.1) is 6.10 Å². The number of nitrogens with zero attached hydrogens (tertiary/aromatic N) is 2. The van der Waals surface area contributed by atoms with Gasteiger partial charge >= 0.3 is 0 Å². The highest BCUT2D eigenvalue weighted by molar-refractivity contribution is 5.49. The van der Waals surface area contributed by atoms with Gasteiger partial charge in [-0.25, -0.2) is 4.98 Å². The first-order valence-electron chi connectivity index (χ1n) is 7.24. The second-order valence-corrected chi connectivity index (χ2v) is 5.43. The van der Waals surface area contributed by atoms with E-state index in [2.05, 4.69) is 35.1 Å². The van der Waals surface area contributed by atoms with Gasteiger partial charge in [0.2, 0.25) is 0 Å². The van der Waals surface area contributed by atoms with Crippen LogP contribution in [0.25, 0.3) is 0 Å². The Morgan fingerprint density at radius 3 is 2.95 bits per heavy atom. The van der Waals surface area contributed by atoms with Crippen molar-refractivity contribution >= 4 is 5.82 Å². The monoisotopic (exact) mass is 263 g/mol. The zero-order valence-electron chi connectivity index (χ0n) is 12.1. The van der Waals surface area contributed by atoms with E-state index in [9.17, 15) is 5.11 Å². The molecule has 1 aromatic rings. The van der Waals surface area contributed by atoms with Gasteiger partial charge in [0.15, 0.2) is 0 Å². The van der Waals surface area contributed by atoms with Crippen molar-refractivity contribution in [3.63, 3.8) is 0 Å². The second-order valence-electron chi connectivity index (χ2n) is 5.43. The second kappa shape index (κ2) is 6.35. The maximum atomic E-state index is 9.72. The highest BCUT2D eigenvalue weighted by Gasteiger charge is 2.28. The van der Waals surface area contributed by atoms with Crippen LogP contribution in [-0.4, -0.2) is 35.8 Å². The molecule has 4 nitrogen and oxygen atoms in total. The summed E-state index contributed by atoms with van der Waals surface area (Å²) in [5.41, 5.74) is 1.25. The number of hydrogen-bond acceptors (Lipinski definition) is 4. The number of aromatic nitrogens is 1. The zero-order chi connectivity index (χ0) is 13.8. The van der Waals surface area contributed by atoms with Gasteiger partial charge < -0.3 is 15.3 Å². The van der Waals surface area contributed by atoms with E-state index in [4.69, 9.17) is 0 Å². The third-order valence-electron chi connectivity index (χ3n) is 4.00. The summed E-state index contributed by atoms with van der Waals surface area (Å²) in [4.78, 5) is 6.87. The molecular formula is C15H25N3O. The van der Waals surface area contributed by atoms with Crippen LogP contribution in [0, 0.1) is 5.92 Å². The maximum absolute atomic E-state index is 9.72. The molecule has 0 radical (unpaired) electrons. The molecule has 0 spiro atoms. The van der Waals surface area contributed by atoms with E-state index in [1.54, 1.807) is 0 Å². The van der Waals surface area contributed by atoms with E-state index < -0.39 is 0 Å². The quantitative estimate of drug-likeness (QED) is 0.852. The Balaban J connectivity index is 2.16. The van der Waals surface area contributed by atoms with Gasteiger partial charge in [0, 0.05) is 36.8 Å². The smallest absolute Gasteiger partial charge is 0.133 e. The number of pyridine rings is 1. The van der Waals surface area contributed by atoms with Crippen LogP contribution >= 0.6 is 0 Å². The Morgan fingerprint density at radius 2 is 2.32 bits per heavy atom. The van der Waals surface area contributed by atoms with E-state index in [0.29, 0.717) is 12.0 Å². The van der Waals surface area contributed by atoms with Gasteiger partial charge in [0.25, 0.3) is 0 Å². The highest BCUT2D eigenvalue weighted by Crippen LogP contribution is 2.29. The summed E-state index contributed by atoms with van der Waals surface area (Å²) in [5.74, 6) is 1.43. The van der Waals surface area contributed by atoms with Gasteiger partial charge in [-0.3, -0.25) is 0 Å². The molecule has 0 bridgehead atoms. The van der Waals surface area contributed by atoms with Crippen LogP contribution in [0.15, 0.2) is 18.3 Å². The molecular weight excluding hydrogens is 238 g/mol. The molecule has 1 aliphatic rings. The largest absolute Gasteiger partial charge is 0.393 e. The topological polar surface area (TPSA) is 48.4 Å². The number of anilines is 1. The molecule has 1 saturated heterocycles. The molecule has 1 aliphatic heterocycles. The van der Waals surface area contributed by atoms with Crippen molar-refractivity contribution in [1.82, 2.24) is 10.3 Å². The Morgan fingerprint density at radius 1 is 1.53 bits per heavy atom. The van der Waals surface area contributed by atoms with Crippen LogP contribution in [0.5, 0.6) is 0 Å². The van der Waals surface area contributed by atoms with Gasteiger partial charge in [-0.15, -0.1) is 0 Å². The first-order valence-corrected chi connectivity index (χ1v) is 7.24. The van der Waals surface area contributed by atoms with Crippen LogP contribution in [-0.2, 0) is 0 Å². The van der Waals surface area contributed by atoms with Crippen molar-refractivity contribution in [2.45, 2.75) is 39.3 Å². The van der Waals surface area contributed by atoms with Crippen LogP contribution in [0.2, 0.25) is 0 Å². The van der Waals surface area contributed by atoms with E-state index in [0.717, 1.165) is 31.9 Å². The lowest BCUT2D eigenvalue weighted by Gasteiger charge is -2.24. The molecule has 19 heavy (non-hydrogen) atoms. The average Bonchev–Trinajstić information content (AvgIpc) is 2.88. The molecule has 2 heterocycles. The predicted molar refractivity (Wildman–Crippen MR) is 78.3 cm³/mol. The lowest BCUT2D eigenvalue weighted by molar-refractivity contribution is 0.136. The van der Waals surface area contributed by atoms with Crippen molar-refractivity contribution in [2.75, 3.05) is 24.5 Å². The molecule has 0 aromatic carbocycles. The number of rotatable bonds is 5. The molecule has 0 aliphatic carbocycles. The maximum Gasteiger partial charge on any atom is 0.133 e. The van der Waals surface area contributed by atoms with Crippen molar-refractivity contribution in [3.8, 4) is 0 Å². The molecule has 2 N–H and O–H groups in total. The zero-order valence-corrected chi connectivity index (χ0v) is 12.1. The van der Waals surface area contributed by atoms with Crippen molar-refractivity contribution in [2.24, 2.45) is 5.92 Å². The summed E-state index contributed by atoms with van der Waals surface area (Å²) in [6.45, 7) is 9.01. The summed E-state index contributed by atoms with van der Waals surface area (Å²) in [6.07, 6.45) is 2.67. The third-order valence-corrected chi connectivity index (χ3v) is 4.00. The van der Waals surface area contributed by atoms with E-state index in [1.807, 2.05) is 19.2 Å². The molecule has 106 valence electrons. The van der Waals surface area contributed by atoms with Crippen molar-refractivity contribution < 1.29 is 5.11 Å². The van der Waals surface area contributed by atoms with Gasteiger partial charge in [0.1, 0.15) is 5.82 Å². The van der Waals surface area contributed by atoms with Crippen molar-refractivity contribution in [3.05, 3.63) is 23.9 Å². The van der Waals surface area contributed by atoms with Crippen LogP contribution in [0.3, 0.4) is 0 Å². The Labute approximate surface area is 115 Å². The normalized spacial score (nSPS) is 22.5. The lowest BCUT2D eigenvalue weighted by atomic mass is 10.0. The van der Waals surface area contributed by atoms with Crippen LogP contribution in [0.4, 0.5) is 5.82 Å². The number of hydrogen-bond donors (Lipinski definition) is 2. The summed E-state index contributed by atoms with van der Waals surface area (Å²) in [5, 5.41) is 13.2. The molecule has 0 saturated carbocycles. The van der Waals surface area contributed by atoms with Crippen molar-refractivity contribution in [1.29, 1.82) is 0 Å². The average molecular weight is 263 g/mol. The summed E-state index contributed by atoms with van der Waals surface area (Å²) in [6, 6.07) is 4.44. The van der Waals surface area contributed by atoms with Gasteiger partial charge in [-0.05, 0) is 32.9 Å². The fourth-order valence-electron chi connectivity index (χ4n) is 2.80. The third kappa shape index (κ3) is 3.25. The van der Waals surface area contributed by atoms with Gasteiger partial charge in [-0.2, -0.15) is 0 Å². The standard InChI is InChI=1S/C15H25N3O/c1-4-16-11(2)14-6-5-8-17-15(14)18-9-7-13(10-18)12(3)19/h5-6,8,11-13,16,19H,4,7,9-10H2,1-3H3. The lowest BCUT2D eigenvalue weighted by Crippen LogP contribution is -2.27. The minimum absolute atomic E-state index is 0.233. The predicted octanol–water partition coefficient (Wildman–Crippen LogP) is 1.96. The fraction of sp³-hybridized carbons (Fsp3) is 0.667. The first kappa shape index (κ1) is 14.3. The van der Waals surface area contributed by atoms with Crippen LogP contribution in [0.1, 0.15) is 38.8 Å². The minimum atomic E-state index is -0.233. The number of aliphatic hydroxyl groups is 1. The van der Waals surface area contributed by atoms with Gasteiger partial charge in [-0.1, -0.05) is 13.0 Å². The first-order chi connectivity index (χ1) is 9.13. The summed E-state index contributed by atoms with van der Waals surface area (Å²) >= 11 is 0. The van der Waals surface area contributed by atoms with E-state index >= 15 is 0 Å². The Hall–Kier alpha value is -1.13. The number of aliphatic hydroxyl groups excluding tert-OH is 1. The van der Waals surface area contributed by atoms with Crippen LogP contribution < -0.4 is 10.2 Å². The fourth-order valence-corrected chi connectivity index (χ4v) is 2.80. The Bertz CT molecular complexity index is 408. The molecule has 3 unspecified atom stereocenters. The Kier molecular flexibility index (Phi) is 4.77. The molecule has 3 atom stereocenters. The summed E-state index contributed by atoms with van der Waals surface area (Å²) < 4.78 is 0. The molecule has 0 amide bonds. The minimum Gasteiger partial charge on any atom is -0.393 e. The molecule has 4 heteroatoms. The SMILES string of the molecule is CCNC(C)c1cccnc1N1CCC(C(C)O)C1. The summed E-state index contributed by atoms with van der Waals surface area (Å²) in [7, 11) is 0. The molecule has 1 fully saturated rings. The molecule has 1 aromatic heterocycles. The molecule has 2 rings (SSSR count). The van der Waals surface area contributed by atoms with E-state index in [1.165, 1.54) is 5.56 Å². The van der Waals surface area contributed by atoms with E-state index in [-0.39, 0.29) is 6.10 Å². The number of nitrogens with one attached hydrogen (secondary N) is 1.